The van der Waals surface area contributed by atoms with Gasteiger partial charge in [-0.2, -0.15) is 0 Å². The molecule has 1 heterocycles. The molecule has 0 amide bonds. The van der Waals surface area contributed by atoms with Crippen molar-refractivity contribution in [2.24, 2.45) is 0 Å². The van der Waals surface area contributed by atoms with E-state index in [0.717, 1.165) is 5.56 Å². The lowest BCUT2D eigenvalue weighted by molar-refractivity contribution is -0.384. The Morgan fingerprint density at radius 2 is 0.981 bits per heavy atom. The van der Waals surface area contributed by atoms with E-state index in [2.05, 4.69) is 4.90 Å². The Kier molecular flexibility index (Phi) is 20.0. The monoisotopic (exact) mass is 769 g/mol. The van der Waals surface area contributed by atoms with Crippen molar-refractivity contribution in [1.29, 1.82) is 0 Å². The highest BCUT2D eigenvalue weighted by Crippen LogP contribution is 2.17. The zero-order valence-electron chi connectivity index (χ0n) is 30.1. The van der Waals surface area contributed by atoms with Crippen molar-refractivity contribution in [3.05, 3.63) is 39.9 Å². The SMILES string of the molecule is O=C(O)CN(CCN1CCN(CCN(CC(=O)O)CC(=O)O)CCN(CC(CCCc2ccc([N+](=O)[O-])cc2)N(CC(=O)O)CC(=O)O)CC1)CC(=O)O. The number of hydrogen-bond acceptors (Lipinski definition) is 14. The molecule has 0 aliphatic carbocycles. The third-order valence-corrected chi connectivity index (χ3v) is 8.91. The number of nitro groups is 1. The number of carboxylic acids is 6. The molecule has 1 aliphatic rings. The van der Waals surface area contributed by atoms with E-state index in [1.807, 2.05) is 9.80 Å². The van der Waals surface area contributed by atoms with Crippen LogP contribution in [0.3, 0.4) is 0 Å². The Bertz CT molecular complexity index is 1320. The molecule has 6 N–H and O–H groups in total. The summed E-state index contributed by atoms with van der Waals surface area (Å²) in [6.45, 7) is 0.797. The van der Waals surface area contributed by atoms with Crippen LogP contribution < -0.4 is 0 Å². The first-order valence-corrected chi connectivity index (χ1v) is 17.4. The molecular formula is C33H51N7O14. The summed E-state index contributed by atoms with van der Waals surface area (Å²) >= 11 is 0. The molecule has 0 spiro atoms. The van der Waals surface area contributed by atoms with Gasteiger partial charge >= 0.3 is 35.8 Å². The predicted octanol–water partition coefficient (Wildman–Crippen LogP) is -1.38. The smallest absolute Gasteiger partial charge is 0.317 e. The van der Waals surface area contributed by atoms with Crippen molar-refractivity contribution < 1.29 is 64.3 Å². The number of rotatable bonds is 26. The average molecular weight is 770 g/mol. The van der Waals surface area contributed by atoms with E-state index in [-0.39, 0.29) is 25.3 Å². The Balaban J connectivity index is 2.32. The molecule has 1 unspecified atom stereocenters. The van der Waals surface area contributed by atoms with E-state index >= 15 is 0 Å². The van der Waals surface area contributed by atoms with E-state index < -0.39 is 86.0 Å². The summed E-state index contributed by atoms with van der Waals surface area (Å²) in [4.78, 5) is 89.8. The maximum Gasteiger partial charge on any atom is 0.317 e. The number of nitrogens with zero attached hydrogens (tertiary/aromatic N) is 7. The van der Waals surface area contributed by atoms with Gasteiger partial charge < -0.3 is 30.6 Å². The average Bonchev–Trinajstić information content (AvgIpc) is 3.15. The second-order valence-corrected chi connectivity index (χ2v) is 13.1. The van der Waals surface area contributed by atoms with Crippen LogP contribution in [0, 0.1) is 10.1 Å². The predicted molar refractivity (Wildman–Crippen MR) is 189 cm³/mol. The Morgan fingerprint density at radius 1 is 0.611 bits per heavy atom. The van der Waals surface area contributed by atoms with E-state index in [1.54, 1.807) is 12.1 Å². The molecule has 302 valence electrons. The van der Waals surface area contributed by atoms with E-state index in [1.165, 1.54) is 26.8 Å². The molecule has 2 rings (SSSR count). The Hall–Kier alpha value is -4.80. The van der Waals surface area contributed by atoms with Gasteiger partial charge in [0.2, 0.25) is 0 Å². The van der Waals surface area contributed by atoms with Gasteiger partial charge in [-0.05, 0) is 24.8 Å². The molecule has 1 aromatic rings. The Labute approximate surface area is 311 Å². The number of benzene rings is 1. The van der Waals surface area contributed by atoms with E-state index in [0.29, 0.717) is 71.6 Å². The third kappa shape index (κ3) is 19.3. The zero-order valence-corrected chi connectivity index (χ0v) is 30.1. The van der Waals surface area contributed by atoms with Crippen LogP contribution in [0.5, 0.6) is 0 Å². The highest BCUT2D eigenvalue weighted by atomic mass is 16.6. The number of carboxylic acid groups (broad SMARTS) is 6. The fourth-order valence-corrected chi connectivity index (χ4v) is 6.25. The molecule has 1 atom stereocenters. The number of non-ortho nitro benzene ring substituents is 1. The van der Waals surface area contributed by atoms with Gasteiger partial charge in [0.15, 0.2) is 0 Å². The standard InChI is InChI=1S/C33H51N7O14/c41-28(42)19-37(20-29(43)44)16-12-34-8-9-35(13-17-38(21-30(45)46)22-31(47)48)11-15-36(14-10-34)18-27(39(23-32(49)50)24-33(51)52)3-1-2-25-4-6-26(7-5-25)40(53)54/h4-7,27H,1-3,8-24H2,(H,41,42)(H,43,44)(H,45,46)(H,47,48)(H,49,50)(H,51,52). The second kappa shape index (κ2) is 23.8. The molecule has 21 heteroatoms. The maximum atomic E-state index is 11.9. The van der Waals surface area contributed by atoms with Crippen molar-refractivity contribution in [2.75, 3.05) is 111 Å². The first-order chi connectivity index (χ1) is 25.5. The summed E-state index contributed by atoms with van der Waals surface area (Å²) < 4.78 is 0. The Morgan fingerprint density at radius 3 is 1.33 bits per heavy atom. The van der Waals surface area contributed by atoms with Crippen molar-refractivity contribution in [2.45, 2.75) is 25.3 Å². The third-order valence-electron chi connectivity index (χ3n) is 8.91. The van der Waals surface area contributed by atoms with Gasteiger partial charge in [0.1, 0.15) is 0 Å². The van der Waals surface area contributed by atoms with Crippen LogP contribution in [-0.4, -0.2) is 218 Å². The molecule has 21 nitrogen and oxygen atoms in total. The highest BCUT2D eigenvalue weighted by Gasteiger charge is 2.27. The van der Waals surface area contributed by atoms with Gasteiger partial charge in [-0.3, -0.25) is 68.3 Å². The molecule has 0 saturated carbocycles. The van der Waals surface area contributed by atoms with Gasteiger partial charge in [-0.15, -0.1) is 0 Å². The minimum absolute atomic E-state index is 0.0604. The first-order valence-electron chi connectivity index (χ1n) is 17.4. The van der Waals surface area contributed by atoms with Crippen LogP contribution in [0.25, 0.3) is 0 Å². The lowest BCUT2D eigenvalue weighted by Crippen LogP contribution is -2.50. The van der Waals surface area contributed by atoms with Gasteiger partial charge in [-0.1, -0.05) is 12.1 Å². The molecule has 1 aromatic carbocycles. The molecular weight excluding hydrogens is 718 g/mol. The minimum atomic E-state index is -1.21. The molecule has 1 saturated heterocycles. The second-order valence-electron chi connectivity index (χ2n) is 13.1. The first kappa shape index (κ1) is 45.4. The van der Waals surface area contributed by atoms with Crippen LogP contribution in [0.15, 0.2) is 24.3 Å². The van der Waals surface area contributed by atoms with Crippen molar-refractivity contribution in [3.8, 4) is 0 Å². The zero-order chi connectivity index (χ0) is 40.2. The molecule has 0 radical (unpaired) electrons. The van der Waals surface area contributed by atoms with Gasteiger partial charge in [0, 0.05) is 90.2 Å². The summed E-state index contributed by atoms with van der Waals surface area (Å²) in [5.74, 6) is -7.15. The summed E-state index contributed by atoms with van der Waals surface area (Å²) in [7, 11) is 0. The molecule has 0 bridgehead atoms. The number of aliphatic carboxylic acids is 6. The fourth-order valence-electron chi connectivity index (χ4n) is 6.25. The van der Waals surface area contributed by atoms with Crippen LogP contribution in [0.4, 0.5) is 5.69 Å². The van der Waals surface area contributed by atoms with Crippen LogP contribution >= 0.6 is 0 Å². The van der Waals surface area contributed by atoms with Crippen molar-refractivity contribution in [3.63, 3.8) is 0 Å². The number of hydrogen-bond donors (Lipinski definition) is 6. The summed E-state index contributed by atoms with van der Waals surface area (Å²) in [5.41, 5.74) is 0.755. The molecule has 0 aromatic heterocycles. The lowest BCUT2D eigenvalue weighted by Gasteiger charge is -2.35. The summed E-state index contributed by atoms with van der Waals surface area (Å²) in [5, 5.41) is 67.6. The molecule has 54 heavy (non-hydrogen) atoms. The van der Waals surface area contributed by atoms with Crippen LogP contribution in [0.1, 0.15) is 18.4 Å². The summed E-state index contributed by atoms with van der Waals surface area (Å²) in [6.07, 6.45) is 1.40. The van der Waals surface area contributed by atoms with Gasteiger partial charge in [0.25, 0.3) is 5.69 Å². The molecule has 1 fully saturated rings. The van der Waals surface area contributed by atoms with E-state index in [9.17, 15) is 69.5 Å². The van der Waals surface area contributed by atoms with Crippen molar-refractivity contribution >= 4 is 41.5 Å². The quantitative estimate of drug-likeness (QED) is 0.0467. The van der Waals surface area contributed by atoms with E-state index in [4.69, 9.17) is 0 Å². The van der Waals surface area contributed by atoms with Gasteiger partial charge in [0.05, 0.1) is 44.2 Å². The summed E-state index contributed by atoms with van der Waals surface area (Å²) in [6, 6.07) is 5.50. The maximum absolute atomic E-state index is 11.9. The number of aryl methyl sites for hydroxylation is 1. The van der Waals surface area contributed by atoms with Crippen molar-refractivity contribution in [1.82, 2.24) is 29.4 Å². The highest BCUT2D eigenvalue weighted by molar-refractivity contribution is 5.73. The number of nitro benzene ring substituents is 1. The number of carbonyl (C=O) groups is 6. The minimum Gasteiger partial charge on any atom is -0.480 e. The fraction of sp³-hybridized carbons (Fsp3) is 0.636. The lowest BCUT2D eigenvalue weighted by atomic mass is 10.0. The normalized spacial score (nSPS) is 15.4. The topological polar surface area (TPSA) is 286 Å². The largest absolute Gasteiger partial charge is 0.480 e. The van der Waals surface area contributed by atoms with Crippen LogP contribution in [-0.2, 0) is 35.2 Å². The molecule has 1 aliphatic heterocycles. The van der Waals surface area contributed by atoms with Crippen LogP contribution in [0.2, 0.25) is 0 Å². The van der Waals surface area contributed by atoms with Gasteiger partial charge in [-0.25, -0.2) is 0 Å².